The summed E-state index contributed by atoms with van der Waals surface area (Å²) in [5.41, 5.74) is 1.17. The molecule has 2 N–H and O–H groups in total. The van der Waals surface area contributed by atoms with Gasteiger partial charge in [-0.2, -0.15) is 0 Å². The highest BCUT2D eigenvalue weighted by atomic mass is 16.3. The van der Waals surface area contributed by atoms with Gasteiger partial charge in [0.1, 0.15) is 6.54 Å². The Hall–Kier alpha value is -0.900. The number of benzene rings is 1. The maximum absolute atomic E-state index is 10.5. The molecule has 2 atom stereocenters. The molecular formula is C23H42NO2+. The van der Waals surface area contributed by atoms with Crippen LogP contribution in [0.4, 0.5) is 0 Å². The second kappa shape index (κ2) is 13.3. The number of unbranched alkanes of at least 4 members (excludes halogenated alkanes) is 9. The zero-order valence-corrected chi connectivity index (χ0v) is 17.4. The first-order valence-electron chi connectivity index (χ1n) is 10.8. The normalized spacial score (nSPS) is 16.2. The fraction of sp³-hybridized carbons (Fsp3) is 0.739. The molecule has 0 heterocycles. The van der Waals surface area contributed by atoms with Gasteiger partial charge in [-0.05, 0) is 12.8 Å². The molecule has 0 aromatic heterocycles. The molecule has 0 saturated carbocycles. The summed E-state index contributed by atoms with van der Waals surface area (Å²) in [7, 11) is 0. The van der Waals surface area contributed by atoms with E-state index >= 15 is 0 Å². The zero-order valence-electron chi connectivity index (χ0n) is 17.4. The molecule has 0 aliphatic heterocycles. The molecule has 1 aromatic carbocycles. The molecule has 0 spiro atoms. The Morgan fingerprint density at radius 1 is 0.731 bits per heavy atom. The van der Waals surface area contributed by atoms with E-state index in [1.807, 2.05) is 32.0 Å². The number of aliphatic hydroxyl groups is 2. The zero-order chi connectivity index (χ0) is 19.3. The van der Waals surface area contributed by atoms with Gasteiger partial charge >= 0.3 is 0 Å². The van der Waals surface area contributed by atoms with Crippen molar-refractivity contribution in [2.24, 2.45) is 0 Å². The van der Waals surface area contributed by atoms with E-state index in [0.717, 1.165) is 13.0 Å². The van der Waals surface area contributed by atoms with Crippen molar-refractivity contribution < 1.29 is 14.7 Å². The molecular weight excluding hydrogens is 322 g/mol. The number of hydrogen-bond acceptors (Lipinski definition) is 2. The second-order valence-electron chi connectivity index (χ2n) is 7.92. The van der Waals surface area contributed by atoms with Crippen LogP contribution in [0.3, 0.4) is 0 Å². The van der Waals surface area contributed by atoms with Gasteiger partial charge in [0, 0.05) is 19.4 Å². The van der Waals surface area contributed by atoms with Gasteiger partial charge in [-0.3, -0.25) is 4.48 Å². The third-order valence-electron chi connectivity index (χ3n) is 5.74. The average molecular weight is 365 g/mol. The first-order valence-corrected chi connectivity index (χ1v) is 10.8. The van der Waals surface area contributed by atoms with Gasteiger partial charge in [0.25, 0.3) is 0 Å². The molecule has 150 valence electrons. The maximum Gasteiger partial charge on any atom is 0.189 e. The minimum Gasteiger partial charge on any atom is -0.345 e. The van der Waals surface area contributed by atoms with Gasteiger partial charge in [-0.1, -0.05) is 88.6 Å². The van der Waals surface area contributed by atoms with E-state index in [4.69, 9.17) is 0 Å². The van der Waals surface area contributed by atoms with Gasteiger partial charge in [-0.25, -0.2) is 0 Å². The van der Waals surface area contributed by atoms with Crippen LogP contribution in [0.15, 0.2) is 30.3 Å². The summed E-state index contributed by atoms with van der Waals surface area (Å²) >= 11 is 0. The number of rotatable bonds is 15. The first kappa shape index (κ1) is 23.1. The van der Waals surface area contributed by atoms with Crippen molar-refractivity contribution in [3.8, 4) is 0 Å². The van der Waals surface area contributed by atoms with Gasteiger partial charge in [0.15, 0.2) is 12.5 Å². The van der Waals surface area contributed by atoms with Crippen LogP contribution in [-0.2, 0) is 6.54 Å². The second-order valence-corrected chi connectivity index (χ2v) is 7.92. The molecule has 26 heavy (non-hydrogen) atoms. The Morgan fingerprint density at radius 3 is 1.65 bits per heavy atom. The van der Waals surface area contributed by atoms with Gasteiger partial charge < -0.3 is 10.2 Å². The molecule has 0 saturated heterocycles. The number of hydrogen-bond donors (Lipinski definition) is 2. The van der Waals surface area contributed by atoms with Crippen LogP contribution in [0.2, 0.25) is 0 Å². The van der Waals surface area contributed by atoms with Crippen molar-refractivity contribution in [3.05, 3.63) is 35.9 Å². The summed E-state index contributed by atoms with van der Waals surface area (Å²) < 4.78 is 0.334. The van der Waals surface area contributed by atoms with Crippen molar-refractivity contribution in [2.75, 3.05) is 6.54 Å². The van der Waals surface area contributed by atoms with Crippen LogP contribution >= 0.6 is 0 Å². The van der Waals surface area contributed by atoms with Crippen molar-refractivity contribution in [1.82, 2.24) is 0 Å². The van der Waals surface area contributed by atoms with Crippen LogP contribution < -0.4 is 0 Å². The van der Waals surface area contributed by atoms with E-state index in [2.05, 4.69) is 19.1 Å². The molecule has 1 aromatic rings. The molecule has 1 rings (SSSR count). The third-order valence-corrected chi connectivity index (χ3v) is 5.74. The molecule has 0 amide bonds. The quantitative estimate of drug-likeness (QED) is 0.241. The smallest absolute Gasteiger partial charge is 0.189 e. The Labute approximate surface area is 161 Å². The van der Waals surface area contributed by atoms with E-state index in [1.54, 1.807) is 0 Å². The van der Waals surface area contributed by atoms with Gasteiger partial charge in [0.05, 0.1) is 6.54 Å². The standard InChI is InChI=1S/C23H42NO2/c1-4-5-6-7-8-9-10-11-12-16-19-24(21(2)25,22(3)26)20-23-17-14-13-15-18-23/h13-15,17-18,21-22,25-26H,4-12,16,19-20H2,1-3H3/q+1. The van der Waals surface area contributed by atoms with E-state index in [0.29, 0.717) is 11.0 Å². The maximum atomic E-state index is 10.5. The summed E-state index contributed by atoms with van der Waals surface area (Å²) in [5.74, 6) is 0. The molecule has 0 radical (unpaired) electrons. The van der Waals surface area contributed by atoms with Crippen LogP contribution in [0.1, 0.15) is 90.5 Å². The molecule has 0 fully saturated rings. The lowest BCUT2D eigenvalue weighted by Gasteiger charge is -2.43. The molecule has 3 nitrogen and oxygen atoms in total. The summed E-state index contributed by atoms with van der Waals surface area (Å²) in [5, 5.41) is 20.9. The highest BCUT2D eigenvalue weighted by Gasteiger charge is 2.37. The predicted octanol–water partition coefficient (Wildman–Crippen LogP) is 5.60. The molecule has 3 heteroatoms. The van der Waals surface area contributed by atoms with Crippen molar-refractivity contribution in [1.29, 1.82) is 0 Å². The monoisotopic (exact) mass is 364 g/mol. The third kappa shape index (κ3) is 8.20. The average Bonchev–Trinajstić information content (AvgIpc) is 2.62. The lowest BCUT2D eigenvalue weighted by molar-refractivity contribution is -1.02. The van der Waals surface area contributed by atoms with E-state index < -0.39 is 12.5 Å². The minimum atomic E-state index is -0.575. The summed E-state index contributed by atoms with van der Waals surface area (Å²) in [6.45, 7) is 7.38. The highest BCUT2D eigenvalue weighted by Crippen LogP contribution is 2.24. The molecule has 0 aliphatic rings. The van der Waals surface area contributed by atoms with Gasteiger partial charge in [-0.15, -0.1) is 0 Å². The Bertz CT molecular complexity index is 437. The topological polar surface area (TPSA) is 40.5 Å². The minimum absolute atomic E-state index is 0.334. The molecule has 2 unspecified atom stereocenters. The van der Waals surface area contributed by atoms with E-state index in [9.17, 15) is 10.2 Å². The number of nitrogens with zero attached hydrogens (tertiary/aromatic N) is 1. The van der Waals surface area contributed by atoms with Crippen molar-refractivity contribution in [2.45, 2.75) is 104 Å². The number of aliphatic hydroxyl groups excluding tert-OH is 2. The molecule has 0 aliphatic carbocycles. The first-order chi connectivity index (χ1) is 12.5. The largest absolute Gasteiger partial charge is 0.345 e. The van der Waals surface area contributed by atoms with Crippen molar-refractivity contribution >= 4 is 0 Å². The van der Waals surface area contributed by atoms with Crippen LogP contribution in [0, 0.1) is 0 Å². The highest BCUT2D eigenvalue weighted by molar-refractivity contribution is 5.13. The Balaban J connectivity index is 2.38. The van der Waals surface area contributed by atoms with E-state index in [-0.39, 0.29) is 0 Å². The molecule has 0 bridgehead atoms. The predicted molar refractivity (Wildman–Crippen MR) is 110 cm³/mol. The Kier molecular flexibility index (Phi) is 11.8. The Morgan fingerprint density at radius 2 is 1.19 bits per heavy atom. The van der Waals surface area contributed by atoms with E-state index in [1.165, 1.54) is 63.4 Å². The lowest BCUT2D eigenvalue weighted by Crippen LogP contribution is -2.59. The number of quaternary nitrogens is 1. The fourth-order valence-corrected chi connectivity index (χ4v) is 3.85. The van der Waals surface area contributed by atoms with Crippen LogP contribution in [0.5, 0.6) is 0 Å². The van der Waals surface area contributed by atoms with Gasteiger partial charge in [0.2, 0.25) is 0 Å². The summed E-state index contributed by atoms with van der Waals surface area (Å²) in [6, 6.07) is 10.2. The van der Waals surface area contributed by atoms with Crippen LogP contribution in [0.25, 0.3) is 0 Å². The van der Waals surface area contributed by atoms with Crippen molar-refractivity contribution in [3.63, 3.8) is 0 Å². The van der Waals surface area contributed by atoms with Crippen LogP contribution in [-0.4, -0.2) is 33.7 Å². The summed E-state index contributed by atoms with van der Waals surface area (Å²) in [6.07, 6.45) is 11.8. The fourth-order valence-electron chi connectivity index (χ4n) is 3.85. The summed E-state index contributed by atoms with van der Waals surface area (Å²) in [4.78, 5) is 0. The lowest BCUT2D eigenvalue weighted by atomic mass is 10.1. The SMILES string of the molecule is CCCCCCCCCCCC[N+](Cc1ccccc1)(C(C)O)C(C)O.